The Labute approximate surface area is 89.8 Å². The standard InChI is InChI=1S/C6H11IO.C3H9N/c1-3-6(4-7)5(2)8;1-4(2)3/h6H,3-4H2,1-2H3;1-3H3. The zero-order valence-electron chi connectivity index (χ0n) is 8.72. The molecule has 0 aromatic heterocycles. The third-order valence-electron chi connectivity index (χ3n) is 1.25. The van der Waals surface area contributed by atoms with Crippen molar-refractivity contribution in [2.24, 2.45) is 5.92 Å². The molecule has 0 rings (SSSR count). The molecule has 0 spiro atoms. The molecule has 0 aliphatic carbocycles. The van der Waals surface area contributed by atoms with Gasteiger partial charge in [0.2, 0.25) is 0 Å². The number of carbonyl (C=O) groups excluding carboxylic acids is 1. The third kappa shape index (κ3) is 13.0. The number of Topliss-reactive ketones (excluding diaryl/α,β-unsaturated/α-hetero) is 1. The van der Waals surface area contributed by atoms with E-state index in [4.69, 9.17) is 0 Å². The number of alkyl halides is 1. The molecule has 3 heteroatoms. The molecule has 0 aliphatic heterocycles. The molecule has 0 saturated carbocycles. The molecule has 0 N–H and O–H groups in total. The van der Waals surface area contributed by atoms with Gasteiger partial charge in [-0.2, -0.15) is 0 Å². The Morgan fingerprint density at radius 3 is 1.75 bits per heavy atom. The number of ketones is 1. The molecular weight excluding hydrogens is 265 g/mol. The summed E-state index contributed by atoms with van der Waals surface area (Å²) in [7, 11) is 6.00. The molecule has 0 fully saturated rings. The van der Waals surface area contributed by atoms with Crippen LogP contribution < -0.4 is 0 Å². The average Bonchev–Trinajstić information content (AvgIpc) is 1.87. The second-order valence-corrected chi connectivity index (χ2v) is 4.09. The van der Waals surface area contributed by atoms with Gasteiger partial charge < -0.3 is 4.90 Å². The van der Waals surface area contributed by atoms with E-state index in [0.29, 0.717) is 11.7 Å². The van der Waals surface area contributed by atoms with Crippen LogP contribution in [0.4, 0.5) is 0 Å². The van der Waals surface area contributed by atoms with Crippen LogP contribution in [0.1, 0.15) is 20.3 Å². The number of nitrogens with zero attached hydrogens (tertiary/aromatic N) is 1. The van der Waals surface area contributed by atoms with Gasteiger partial charge in [-0.15, -0.1) is 0 Å². The van der Waals surface area contributed by atoms with Crippen molar-refractivity contribution in [1.82, 2.24) is 4.90 Å². The highest BCUT2D eigenvalue weighted by molar-refractivity contribution is 14.1. The fourth-order valence-electron chi connectivity index (χ4n) is 0.505. The van der Waals surface area contributed by atoms with E-state index in [1.807, 2.05) is 33.0 Å². The van der Waals surface area contributed by atoms with Crippen molar-refractivity contribution in [3.05, 3.63) is 0 Å². The third-order valence-corrected chi connectivity index (χ3v) is 2.32. The number of halogens is 1. The molecule has 0 saturated heterocycles. The lowest BCUT2D eigenvalue weighted by Crippen LogP contribution is -2.10. The van der Waals surface area contributed by atoms with Gasteiger partial charge in [-0.05, 0) is 34.5 Å². The van der Waals surface area contributed by atoms with E-state index in [1.165, 1.54) is 0 Å². The summed E-state index contributed by atoms with van der Waals surface area (Å²) >= 11 is 2.24. The first kappa shape index (κ1) is 14.9. The Balaban J connectivity index is 0. The van der Waals surface area contributed by atoms with Crippen molar-refractivity contribution in [2.75, 3.05) is 25.6 Å². The monoisotopic (exact) mass is 285 g/mol. The van der Waals surface area contributed by atoms with Crippen LogP contribution >= 0.6 is 22.6 Å². The molecule has 1 unspecified atom stereocenters. The zero-order valence-corrected chi connectivity index (χ0v) is 10.9. The van der Waals surface area contributed by atoms with E-state index in [2.05, 4.69) is 22.6 Å². The predicted molar refractivity (Wildman–Crippen MR) is 63.0 cm³/mol. The van der Waals surface area contributed by atoms with Crippen molar-refractivity contribution < 1.29 is 4.79 Å². The molecule has 0 aromatic rings. The molecule has 1 atom stereocenters. The number of rotatable bonds is 3. The van der Waals surface area contributed by atoms with Gasteiger partial charge in [0.1, 0.15) is 5.78 Å². The first-order valence-electron chi connectivity index (χ1n) is 4.13. The summed E-state index contributed by atoms with van der Waals surface area (Å²) in [5, 5.41) is 0. The van der Waals surface area contributed by atoms with Crippen LogP contribution in [0.5, 0.6) is 0 Å². The van der Waals surface area contributed by atoms with Crippen LogP contribution in [-0.4, -0.2) is 36.3 Å². The Hall–Kier alpha value is 0.360. The Bertz CT molecular complexity index is 108. The van der Waals surface area contributed by atoms with Crippen molar-refractivity contribution in [1.29, 1.82) is 0 Å². The fourth-order valence-corrected chi connectivity index (χ4v) is 1.75. The van der Waals surface area contributed by atoms with Gasteiger partial charge in [-0.3, -0.25) is 4.79 Å². The van der Waals surface area contributed by atoms with Gasteiger partial charge in [0.15, 0.2) is 0 Å². The smallest absolute Gasteiger partial charge is 0.133 e. The van der Waals surface area contributed by atoms with Gasteiger partial charge in [0.25, 0.3) is 0 Å². The summed E-state index contributed by atoms with van der Waals surface area (Å²) in [6.45, 7) is 3.71. The number of hydrogen-bond acceptors (Lipinski definition) is 2. The molecular formula is C9H20INO. The van der Waals surface area contributed by atoms with Gasteiger partial charge in [-0.1, -0.05) is 29.5 Å². The maximum Gasteiger partial charge on any atom is 0.133 e. The van der Waals surface area contributed by atoms with Crippen LogP contribution in [-0.2, 0) is 4.79 Å². The first-order valence-corrected chi connectivity index (χ1v) is 5.65. The van der Waals surface area contributed by atoms with Crippen molar-refractivity contribution in [3.8, 4) is 0 Å². The SMILES string of the molecule is CCC(CI)C(C)=O.CN(C)C. The minimum Gasteiger partial charge on any atom is -0.312 e. The van der Waals surface area contributed by atoms with Gasteiger partial charge >= 0.3 is 0 Å². The minimum absolute atomic E-state index is 0.301. The Kier molecular flexibility index (Phi) is 11.7. The van der Waals surface area contributed by atoms with Crippen molar-refractivity contribution in [2.45, 2.75) is 20.3 Å². The van der Waals surface area contributed by atoms with Gasteiger partial charge in [0, 0.05) is 10.3 Å². The van der Waals surface area contributed by atoms with Crippen molar-refractivity contribution in [3.63, 3.8) is 0 Å². The highest BCUT2D eigenvalue weighted by Crippen LogP contribution is 2.06. The average molecular weight is 285 g/mol. The van der Waals surface area contributed by atoms with E-state index in [-0.39, 0.29) is 0 Å². The van der Waals surface area contributed by atoms with E-state index in [0.717, 1.165) is 10.8 Å². The number of hydrogen-bond donors (Lipinski definition) is 0. The normalized spacial score (nSPS) is 11.9. The molecule has 0 radical (unpaired) electrons. The lowest BCUT2D eigenvalue weighted by atomic mass is 10.1. The molecule has 0 heterocycles. The Morgan fingerprint density at radius 1 is 1.42 bits per heavy atom. The largest absolute Gasteiger partial charge is 0.312 e. The summed E-state index contributed by atoms with van der Waals surface area (Å²) in [5.74, 6) is 0.623. The maximum atomic E-state index is 10.6. The second kappa shape index (κ2) is 9.45. The van der Waals surface area contributed by atoms with Gasteiger partial charge in [-0.25, -0.2) is 0 Å². The van der Waals surface area contributed by atoms with Crippen LogP contribution in [0, 0.1) is 5.92 Å². The molecule has 74 valence electrons. The summed E-state index contributed by atoms with van der Waals surface area (Å²) in [5.41, 5.74) is 0. The quantitative estimate of drug-likeness (QED) is 0.585. The summed E-state index contributed by atoms with van der Waals surface area (Å²) in [4.78, 5) is 12.6. The van der Waals surface area contributed by atoms with E-state index >= 15 is 0 Å². The van der Waals surface area contributed by atoms with Crippen LogP contribution in [0.3, 0.4) is 0 Å². The predicted octanol–water partition coefficient (Wildman–Crippen LogP) is 2.21. The summed E-state index contributed by atoms with van der Waals surface area (Å²) < 4.78 is 0.962. The van der Waals surface area contributed by atoms with Crippen molar-refractivity contribution >= 4 is 28.4 Å². The molecule has 0 amide bonds. The van der Waals surface area contributed by atoms with Crippen LogP contribution in [0.15, 0.2) is 0 Å². The summed E-state index contributed by atoms with van der Waals surface area (Å²) in [6.07, 6.45) is 0.984. The molecule has 0 aromatic carbocycles. The maximum absolute atomic E-state index is 10.6. The van der Waals surface area contributed by atoms with E-state index in [1.54, 1.807) is 6.92 Å². The highest BCUT2D eigenvalue weighted by Gasteiger charge is 2.07. The van der Waals surface area contributed by atoms with Gasteiger partial charge in [0.05, 0.1) is 0 Å². The Morgan fingerprint density at radius 2 is 1.75 bits per heavy atom. The lowest BCUT2D eigenvalue weighted by Gasteiger charge is -2.03. The summed E-state index contributed by atoms with van der Waals surface area (Å²) in [6, 6.07) is 0. The zero-order chi connectivity index (χ0) is 10.1. The first-order chi connectivity index (χ1) is 5.45. The number of carbonyl (C=O) groups is 1. The minimum atomic E-state index is 0.301. The van der Waals surface area contributed by atoms with E-state index in [9.17, 15) is 4.79 Å². The second-order valence-electron chi connectivity index (χ2n) is 3.21. The fraction of sp³-hybridized carbons (Fsp3) is 0.889. The highest BCUT2D eigenvalue weighted by atomic mass is 127. The molecule has 0 aliphatic rings. The lowest BCUT2D eigenvalue weighted by molar-refractivity contribution is -0.120. The topological polar surface area (TPSA) is 20.3 Å². The van der Waals surface area contributed by atoms with E-state index < -0.39 is 0 Å². The van der Waals surface area contributed by atoms with Crippen LogP contribution in [0.25, 0.3) is 0 Å². The molecule has 12 heavy (non-hydrogen) atoms. The molecule has 2 nitrogen and oxygen atoms in total. The molecule has 0 bridgehead atoms. The van der Waals surface area contributed by atoms with Crippen LogP contribution in [0.2, 0.25) is 0 Å².